The second-order valence-electron chi connectivity index (χ2n) is 5.60. The summed E-state index contributed by atoms with van der Waals surface area (Å²) >= 11 is 1.12. The standard InChI is InChI=1S/C19H16O4S2/c1-13-12-17(14-8-10-16(11-9-14)25(2,21)22)18(19(20)24-13)23-15-6-4-3-5-7-15/h3-12H,1-2H3. The summed E-state index contributed by atoms with van der Waals surface area (Å²) < 4.78 is 28.9. The zero-order chi connectivity index (χ0) is 18.0. The van der Waals surface area contributed by atoms with Gasteiger partial charge in [0.05, 0.1) is 4.90 Å². The average molecular weight is 372 g/mol. The van der Waals surface area contributed by atoms with Crippen molar-refractivity contribution in [3.63, 3.8) is 0 Å². The SMILES string of the molecule is Cc1cc(-c2ccc(S(C)(=O)=O)cc2)c(Oc2ccccc2)c(=O)s1. The predicted octanol–water partition coefficient (Wildman–Crippen LogP) is 4.28. The molecule has 0 atom stereocenters. The van der Waals surface area contributed by atoms with Crippen LogP contribution in [0.15, 0.2) is 70.4 Å². The Labute approximate surface area is 150 Å². The van der Waals surface area contributed by atoms with Gasteiger partial charge >= 0.3 is 0 Å². The third kappa shape index (κ3) is 3.97. The minimum Gasteiger partial charge on any atom is -0.452 e. The maximum atomic E-state index is 12.5. The Bertz CT molecular complexity index is 1050. The molecule has 0 aliphatic heterocycles. The smallest absolute Gasteiger partial charge is 0.275 e. The highest BCUT2D eigenvalue weighted by Gasteiger charge is 2.15. The summed E-state index contributed by atoms with van der Waals surface area (Å²) in [5.74, 6) is 0.818. The first-order valence-electron chi connectivity index (χ1n) is 7.53. The fraction of sp³-hybridized carbons (Fsp3) is 0.105. The van der Waals surface area contributed by atoms with E-state index in [0.29, 0.717) is 11.3 Å². The zero-order valence-corrected chi connectivity index (χ0v) is 15.4. The lowest BCUT2D eigenvalue weighted by atomic mass is 10.1. The van der Waals surface area contributed by atoms with Crippen LogP contribution in [0.3, 0.4) is 0 Å². The quantitative estimate of drug-likeness (QED) is 0.686. The van der Waals surface area contributed by atoms with E-state index < -0.39 is 9.84 Å². The van der Waals surface area contributed by atoms with Crippen molar-refractivity contribution in [2.45, 2.75) is 11.8 Å². The first-order valence-corrected chi connectivity index (χ1v) is 10.2. The van der Waals surface area contributed by atoms with Gasteiger partial charge in [0.2, 0.25) is 0 Å². The van der Waals surface area contributed by atoms with Crippen molar-refractivity contribution < 1.29 is 13.2 Å². The minimum absolute atomic E-state index is 0.175. The van der Waals surface area contributed by atoms with Gasteiger partial charge in [0, 0.05) is 16.7 Å². The molecule has 3 rings (SSSR count). The second-order valence-corrected chi connectivity index (χ2v) is 8.83. The lowest BCUT2D eigenvalue weighted by molar-refractivity contribution is 0.482. The largest absolute Gasteiger partial charge is 0.452 e. The van der Waals surface area contributed by atoms with Crippen molar-refractivity contribution in [3.05, 3.63) is 75.1 Å². The van der Waals surface area contributed by atoms with E-state index in [0.717, 1.165) is 28.0 Å². The van der Waals surface area contributed by atoms with Crippen LogP contribution in [0.5, 0.6) is 11.5 Å². The van der Waals surface area contributed by atoms with E-state index in [9.17, 15) is 13.2 Å². The monoisotopic (exact) mass is 372 g/mol. The molecule has 2 aromatic carbocycles. The molecule has 3 aromatic rings. The Morgan fingerprint density at radius 2 is 1.60 bits per heavy atom. The van der Waals surface area contributed by atoms with Crippen LogP contribution in [-0.2, 0) is 9.84 Å². The number of aryl methyl sites for hydroxylation is 1. The number of benzene rings is 2. The van der Waals surface area contributed by atoms with Crippen molar-refractivity contribution in [1.29, 1.82) is 0 Å². The van der Waals surface area contributed by atoms with E-state index in [1.807, 2.05) is 31.2 Å². The maximum absolute atomic E-state index is 12.5. The summed E-state index contributed by atoms with van der Waals surface area (Å²) in [6, 6.07) is 17.4. The number of ether oxygens (including phenoxy) is 1. The van der Waals surface area contributed by atoms with Crippen molar-refractivity contribution >= 4 is 21.2 Å². The zero-order valence-electron chi connectivity index (χ0n) is 13.7. The molecular weight excluding hydrogens is 356 g/mol. The van der Waals surface area contributed by atoms with E-state index in [1.165, 1.54) is 12.1 Å². The van der Waals surface area contributed by atoms with Crippen LogP contribution in [0.2, 0.25) is 0 Å². The normalized spacial score (nSPS) is 11.3. The maximum Gasteiger partial charge on any atom is 0.275 e. The molecule has 0 N–H and O–H groups in total. The molecular formula is C19H16O4S2. The Kier molecular flexibility index (Phi) is 4.74. The third-order valence-electron chi connectivity index (χ3n) is 3.59. The molecule has 0 spiro atoms. The topological polar surface area (TPSA) is 60.4 Å². The van der Waals surface area contributed by atoms with Crippen LogP contribution >= 0.6 is 11.3 Å². The summed E-state index contributed by atoms with van der Waals surface area (Å²) in [5, 5.41) is 0. The lowest BCUT2D eigenvalue weighted by Gasteiger charge is -2.11. The van der Waals surface area contributed by atoms with Gasteiger partial charge in [-0.25, -0.2) is 8.42 Å². The number of sulfone groups is 1. The molecule has 0 aliphatic carbocycles. The average Bonchev–Trinajstić information content (AvgIpc) is 2.57. The molecule has 0 amide bonds. The molecule has 0 radical (unpaired) electrons. The molecule has 1 heterocycles. The molecule has 0 saturated heterocycles. The molecule has 0 fully saturated rings. The summed E-state index contributed by atoms with van der Waals surface area (Å²) in [7, 11) is -3.27. The van der Waals surface area contributed by atoms with E-state index >= 15 is 0 Å². The van der Waals surface area contributed by atoms with Gasteiger partial charge in [-0.3, -0.25) is 4.79 Å². The first kappa shape index (κ1) is 17.4. The number of para-hydroxylation sites is 1. The molecule has 0 unspecified atom stereocenters. The first-order chi connectivity index (χ1) is 11.8. The second kappa shape index (κ2) is 6.82. The molecule has 0 bridgehead atoms. The van der Waals surface area contributed by atoms with Gasteiger partial charge < -0.3 is 4.74 Å². The molecule has 25 heavy (non-hydrogen) atoms. The summed E-state index contributed by atoms with van der Waals surface area (Å²) in [4.78, 5) is 13.6. The Balaban J connectivity index is 2.11. The predicted molar refractivity (Wildman–Crippen MR) is 100 cm³/mol. The van der Waals surface area contributed by atoms with Crippen LogP contribution in [-0.4, -0.2) is 14.7 Å². The Morgan fingerprint density at radius 1 is 0.960 bits per heavy atom. The summed E-state index contributed by atoms with van der Waals surface area (Å²) in [6.45, 7) is 1.85. The van der Waals surface area contributed by atoms with Gasteiger partial charge in [-0.05, 0) is 42.8 Å². The van der Waals surface area contributed by atoms with Gasteiger partial charge in [0.1, 0.15) is 5.75 Å². The number of hydrogen-bond donors (Lipinski definition) is 0. The third-order valence-corrected chi connectivity index (χ3v) is 5.53. The van der Waals surface area contributed by atoms with E-state index in [4.69, 9.17) is 4.74 Å². The van der Waals surface area contributed by atoms with Crippen LogP contribution in [0.4, 0.5) is 0 Å². The fourth-order valence-corrected chi connectivity index (χ4v) is 3.74. The summed E-state index contributed by atoms with van der Waals surface area (Å²) in [5.41, 5.74) is 1.37. The molecule has 4 nitrogen and oxygen atoms in total. The van der Waals surface area contributed by atoms with Gasteiger partial charge in [-0.1, -0.05) is 41.7 Å². The molecule has 1 aromatic heterocycles. The van der Waals surface area contributed by atoms with Crippen molar-refractivity contribution in [1.82, 2.24) is 0 Å². The van der Waals surface area contributed by atoms with Crippen LogP contribution in [0.25, 0.3) is 11.1 Å². The molecule has 0 aliphatic rings. The lowest BCUT2D eigenvalue weighted by Crippen LogP contribution is -2.03. The van der Waals surface area contributed by atoms with Gasteiger partial charge in [0.15, 0.2) is 15.6 Å². The molecule has 128 valence electrons. The van der Waals surface area contributed by atoms with E-state index in [2.05, 4.69) is 0 Å². The van der Waals surface area contributed by atoms with Crippen LogP contribution in [0, 0.1) is 6.92 Å². The van der Waals surface area contributed by atoms with Gasteiger partial charge in [0.25, 0.3) is 4.74 Å². The van der Waals surface area contributed by atoms with E-state index in [-0.39, 0.29) is 15.4 Å². The van der Waals surface area contributed by atoms with Crippen molar-refractivity contribution in [3.8, 4) is 22.6 Å². The summed E-state index contributed by atoms with van der Waals surface area (Å²) in [6.07, 6.45) is 1.16. The van der Waals surface area contributed by atoms with Crippen molar-refractivity contribution in [2.24, 2.45) is 0 Å². The van der Waals surface area contributed by atoms with Crippen LogP contribution in [0.1, 0.15) is 4.88 Å². The van der Waals surface area contributed by atoms with Gasteiger partial charge in [-0.2, -0.15) is 0 Å². The van der Waals surface area contributed by atoms with Crippen LogP contribution < -0.4 is 9.48 Å². The fourth-order valence-electron chi connectivity index (χ4n) is 2.40. The highest BCUT2D eigenvalue weighted by Crippen LogP contribution is 2.33. The Morgan fingerprint density at radius 3 is 2.20 bits per heavy atom. The number of rotatable bonds is 4. The molecule has 6 heteroatoms. The van der Waals surface area contributed by atoms with E-state index in [1.54, 1.807) is 24.3 Å². The number of hydrogen-bond acceptors (Lipinski definition) is 5. The Hall–Kier alpha value is -2.44. The van der Waals surface area contributed by atoms with Crippen molar-refractivity contribution in [2.75, 3.05) is 6.26 Å². The highest BCUT2D eigenvalue weighted by molar-refractivity contribution is 7.90. The minimum atomic E-state index is -3.27. The highest BCUT2D eigenvalue weighted by atomic mass is 32.2. The van der Waals surface area contributed by atoms with Gasteiger partial charge in [-0.15, -0.1) is 0 Å². The molecule has 0 saturated carbocycles.